The van der Waals surface area contributed by atoms with Crippen molar-refractivity contribution in [1.82, 2.24) is 0 Å². The number of nitrogens with zero attached hydrogens (tertiary/aromatic N) is 1. The first kappa shape index (κ1) is 30.9. The molecule has 264 valence electrons. The molecule has 1 atom stereocenters. The van der Waals surface area contributed by atoms with E-state index in [0.717, 1.165) is 39.0 Å². The minimum atomic E-state index is -0.582. The molecule has 2 aliphatic rings. The van der Waals surface area contributed by atoms with Gasteiger partial charge in [0.2, 0.25) is 0 Å². The average Bonchev–Trinajstić information content (AvgIpc) is 3.64. The zero-order chi connectivity index (χ0) is 37.2. The molecule has 10 aromatic carbocycles. The summed E-state index contributed by atoms with van der Waals surface area (Å²) in [6, 6.07) is 74.2. The lowest BCUT2D eigenvalue weighted by Gasteiger charge is -2.46. The highest BCUT2D eigenvalue weighted by Crippen LogP contribution is 2.61. The van der Waals surface area contributed by atoms with Gasteiger partial charge in [-0.25, -0.2) is 0 Å². The number of rotatable bonds is 3. The van der Waals surface area contributed by atoms with E-state index in [9.17, 15) is 0 Å². The van der Waals surface area contributed by atoms with Gasteiger partial charge in [-0.2, -0.15) is 0 Å². The number of para-hydroxylation sites is 1. The lowest BCUT2D eigenvalue weighted by atomic mass is 9.55. The Morgan fingerprint density at radius 3 is 1.63 bits per heavy atom. The van der Waals surface area contributed by atoms with Crippen molar-refractivity contribution in [2.24, 2.45) is 0 Å². The van der Waals surface area contributed by atoms with E-state index < -0.39 is 5.41 Å². The molecule has 2 aliphatic carbocycles. The fraction of sp³-hybridized carbons (Fsp3) is 0.0182. The van der Waals surface area contributed by atoms with E-state index in [-0.39, 0.29) is 0 Å². The standard InChI is InChI=1S/C55H33NO/c1-2-12-37-31-38(26-25-34(37)11-1)56(40-28-30-44-43-18-4-6-24-51(43)57-52(44)33-40)39-27-29-42-46-20-8-14-36-16-10-23-49(54(36)46)55(50(42)32-39)47-21-5-3-17-41(47)45-19-7-13-35-15-9-22-48(55)53(35)45/h1-33H. The number of benzene rings is 10. The minimum absolute atomic E-state index is 0.582. The molecule has 2 heteroatoms. The van der Waals surface area contributed by atoms with Crippen LogP contribution in [0.25, 0.3) is 76.5 Å². The molecule has 57 heavy (non-hydrogen) atoms. The van der Waals surface area contributed by atoms with Crippen molar-refractivity contribution in [3.8, 4) is 22.3 Å². The Morgan fingerprint density at radius 1 is 0.316 bits per heavy atom. The van der Waals surface area contributed by atoms with Crippen molar-refractivity contribution in [1.29, 1.82) is 0 Å². The zero-order valence-corrected chi connectivity index (χ0v) is 30.9. The fourth-order valence-corrected chi connectivity index (χ4v) is 10.5. The van der Waals surface area contributed by atoms with Crippen LogP contribution in [0.4, 0.5) is 17.1 Å². The summed E-state index contributed by atoms with van der Waals surface area (Å²) < 4.78 is 6.52. The van der Waals surface area contributed by atoms with Crippen molar-refractivity contribution in [3.05, 3.63) is 222 Å². The van der Waals surface area contributed by atoms with Crippen LogP contribution in [0.3, 0.4) is 0 Å². The first-order valence-corrected chi connectivity index (χ1v) is 19.8. The Hall–Kier alpha value is -7.42. The molecule has 0 saturated heterocycles. The Bertz CT molecular complexity index is 3480. The highest BCUT2D eigenvalue weighted by atomic mass is 16.3. The number of hydrogen-bond donors (Lipinski definition) is 0. The van der Waals surface area contributed by atoms with E-state index in [0.29, 0.717) is 0 Å². The summed E-state index contributed by atoms with van der Waals surface area (Å²) in [5, 5.41) is 9.84. The molecular weight excluding hydrogens is 691 g/mol. The van der Waals surface area contributed by atoms with E-state index in [2.05, 4.69) is 199 Å². The van der Waals surface area contributed by atoms with Crippen LogP contribution in [-0.4, -0.2) is 0 Å². The van der Waals surface area contributed by atoms with Crippen LogP contribution < -0.4 is 4.90 Å². The van der Waals surface area contributed by atoms with E-state index in [1.807, 2.05) is 6.07 Å². The third-order valence-electron chi connectivity index (χ3n) is 12.8. The summed E-state index contributed by atoms with van der Waals surface area (Å²) in [5.74, 6) is 0. The quantitative estimate of drug-likeness (QED) is 0.180. The zero-order valence-electron chi connectivity index (χ0n) is 30.9. The molecule has 11 aromatic rings. The van der Waals surface area contributed by atoms with Gasteiger partial charge in [-0.1, -0.05) is 152 Å². The van der Waals surface area contributed by atoms with Crippen LogP contribution in [0.15, 0.2) is 205 Å². The molecule has 0 saturated carbocycles. The number of fused-ring (bicyclic) bond motifs is 12. The van der Waals surface area contributed by atoms with Crippen molar-refractivity contribution in [3.63, 3.8) is 0 Å². The number of hydrogen-bond acceptors (Lipinski definition) is 2. The molecule has 0 N–H and O–H groups in total. The monoisotopic (exact) mass is 723 g/mol. The molecule has 13 rings (SSSR count). The molecule has 0 aliphatic heterocycles. The van der Waals surface area contributed by atoms with Gasteiger partial charge in [0, 0.05) is 33.9 Å². The summed E-state index contributed by atoms with van der Waals surface area (Å²) in [5.41, 5.74) is 14.8. The Kier molecular flexibility index (Phi) is 6.13. The first-order chi connectivity index (χ1) is 28.3. The molecule has 2 nitrogen and oxygen atoms in total. The predicted molar refractivity (Wildman–Crippen MR) is 237 cm³/mol. The van der Waals surface area contributed by atoms with E-state index in [1.165, 1.54) is 76.8 Å². The second-order valence-electron chi connectivity index (χ2n) is 15.6. The van der Waals surface area contributed by atoms with Crippen LogP contribution in [0.1, 0.15) is 22.3 Å². The van der Waals surface area contributed by atoms with Gasteiger partial charge < -0.3 is 9.32 Å². The van der Waals surface area contributed by atoms with Crippen LogP contribution >= 0.6 is 0 Å². The van der Waals surface area contributed by atoms with E-state index in [4.69, 9.17) is 4.42 Å². The van der Waals surface area contributed by atoms with Crippen molar-refractivity contribution in [2.75, 3.05) is 4.90 Å². The highest BCUT2D eigenvalue weighted by Gasteiger charge is 2.48. The Labute approximate surface area is 329 Å². The van der Waals surface area contributed by atoms with Gasteiger partial charge in [-0.05, 0) is 119 Å². The van der Waals surface area contributed by atoms with Crippen molar-refractivity contribution < 1.29 is 4.42 Å². The fourth-order valence-electron chi connectivity index (χ4n) is 10.5. The lowest BCUT2D eigenvalue weighted by molar-refractivity contribution is 0.669. The maximum absolute atomic E-state index is 6.52. The maximum atomic E-state index is 6.52. The Balaban J connectivity index is 1.16. The molecule has 0 radical (unpaired) electrons. The summed E-state index contributed by atoms with van der Waals surface area (Å²) in [6.45, 7) is 0. The van der Waals surface area contributed by atoms with Crippen LogP contribution in [0, 0.1) is 0 Å². The SMILES string of the molecule is c1ccc2c(c1)-c1cccc3cccc(c13)C21c2cc(N(c3ccc4ccccc4c3)c3ccc4c(c3)oc3ccccc34)ccc2-c2cccc3cccc1c23. The molecule has 1 unspecified atom stereocenters. The van der Waals surface area contributed by atoms with Gasteiger partial charge in [-0.15, -0.1) is 0 Å². The highest BCUT2D eigenvalue weighted by molar-refractivity contribution is 6.11. The maximum Gasteiger partial charge on any atom is 0.137 e. The summed E-state index contributed by atoms with van der Waals surface area (Å²) in [7, 11) is 0. The van der Waals surface area contributed by atoms with Crippen LogP contribution in [0.2, 0.25) is 0 Å². The van der Waals surface area contributed by atoms with Crippen LogP contribution in [0.5, 0.6) is 0 Å². The number of anilines is 3. The molecule has 1 spiro atoms. The van der Waals surface area contributed by atoms with Gasteiger partial charge in [0.05, 0.1) is 5.41 Å². The van der Waals surface area contributed by atoms with E-state index >= 15 is 0 Å². The van der Waals surface area contributed by atoms with E-state index in [1.54, 1.807) is 0 Å². The summed E-state index contributed by atoms with van der Waals surface area (Å²) in [6.07, 6.45) is 0. The first-order valence-electron chi connectivity index (χ1n) is 19.8. The minimum Gasteiger partial charge on any atom is -0.456 e. The van der Waals surface area contributed by atoms with Gasteiger partial charge in [0.25, 0.3) is 0 Å². The molecular formula is C55H33NO. The largest absolute Gasteiger partial charge is 0.456 e. The summed E-state index contributed by atoms with van der Waals surface area (Å²) in [4.78, 5) is 2.41. The molecule has 1 heterocycles. The van der Waals surface area contributed by atoms with Gasteiger partial charge in [0.15, 0.2) is 0 Å². The Morgan fingerprint density at radius 2 is 0.842 bits per heavy atom. The number of furan rings is 1. The lowest BCUT2D eigenvalue weighted by Crippen LogP contribution is -2.36. The predicted octanol–water partition coefficient (Wildman–Crippen LogP) is 14.9. The molecule has 0 fully saturated rings. The van der Waals surface area contributed by atoms with Gasteiger partial charge in [0.1, 0.15) is 11.2 Å². The molecule has 0 bridgehead atoms. The molecule has 0 amide bonds. The second-order valence-corrected chi connectivity index (χ2v) is 15.6. The topological polar surface area (TPSA) is 16.4 Å². The second kappa shape index (κ2) is 11.3. The van der Waals surface area contributed by atoms with Crippen LogP contribution in [-0.2, 0) is 5.41 Å². The normalized spacial score (nSPS) is 15.1. The third kappa shape index (κ3) is 4.09. The summed E-state index contributed by atoms with van der Waals surface area (Å²) >= 11 is 0. The average molecular weight is 724 g/mol. The smallest absolute Gasteiger partial charge is 0.137 e. The molecule has 1 aromatic heterocycles. The van der Waals surface area contributed by atoms with Crippen molar-refractivity contribution in [2.45, 2.75) is 5.41 Å². The van der Waals surface area contributed by atoms with Crippen molar-refractivity contribution >= 4 is 71.3 Å². The van der Waals surface area contributed by atoms with Gasteiger partial charge in [-0.3, -0.25) is 0 Å². The van der Waals surface area contributed by atoms with Gasteiger partial charge >= 0.3 is 0 Å². The third-order valence-corrected chi connectivity index (χ3v) is 12.8.